The van der Waals surface area contributed by atoms with Crippen LogP contribution in [0.25, 0.3) is 16.7 Å². The van der Waals surface area contributed by atoms with E-state index in [1.807, 2.05) is 6.07 Å². The lowest BCUT2D eigenvalue weighted by molar-refractivity contribution is 0.702. The molecule has 0 fully saturated rings. The molecule has 0 radical (unpaired) electrons. The van der Waals surface area contributed by atoms with Crippen molar-refractivity contribution in [3.8, 4) is 5.69 Å². The molecular weight excluding hydrogens is 272 g/mol. The van der Waals surface area contributed by atoms with Gasteiger partial charge in [-0.05, 0) is 12.1 Å². The molecule has 0 bridgehead atoms. The van der Waals surface area contributed by atoms with E-state index in [4.69, 9.17) is 0 Å². The summed E-state index contributed by atoms with van der Waals surface area (Å²) in [6, 6.07) is 8.87. The molecule has 0 saturated carbocycles. The van der Waals surface area contributed by atoms with Crippen molar-refractivity contribution < 1.29 is 0 Å². The molecule has 0 amide bonds. The first kappa shape index (κ1) is 13.0. The Balaban J connectivity index is 2.48. The van der Waals surface area contributed by atoms with Crippen molar-refractivity contribution in [2.24, 2.45) is 14.1 Å². The van der Waals surface area contributed by atoms with E-state index in [2.05, 4.69) is 4.98 Å². The zero-order valence-electron chi connectivity index (χ0n) is 11.5. The fraction of sp³-hybridized carbons (Fsp3) is 0.143. The van der Waals surface area contributed by atoms with Crippen molar-refractivity contribution in [1.29, 1.82) is 0 Å². The molecule has 0 aliphatic rings. The largest absolute Gasteiger partial charge is 0.354 e. The van der Waals surface area contributed by atoms with Crippen molar-refractivity contribution in [2.45, 2.75) is 0 Å². The number of hydrogen-bond acceptors (Lipinski definition) is 4. The quantitative estimate of drug-likeness (QED) is 0.619. The van der Waals surface area contributed by atoms with E-state index in [1.54, 1.807) is 24.3 Å². The van der Waals surface area contributed by atoms with Crippen LogP contribution in [0.5, 0.6) is 0 Å². The Morgan fingerprint density at radius 1 is 0.952 bits per heavy atom. The summed E-state index contributed by atoms with van der Waals surface area (Å²) < 4.78 is 3.46. The summed E-state index contributed by atoms with van der Waals surface area (Å²) in [5, 5.41) is 0.211. The molecule has 0 unspecified atom stereocenters. The summed E-state index contributed by atoms with van der Waals surface area (Å²) in [4.78, 5) is 40.0. The van der Waals surface area contributed by atoms with Gasteiger partial charge in [-0.25, -0.2) is 9.59 Å². The summed E-state index contributed by atoms with van der Waals surface area (Å²) in [6.45, 7) is 0. The molecular formula is C14H12N4O3. The second kappa shape index (κ2) is 4.55. The fourth-order valence-electron chi connectivity index (χ4n) is 2.21. The third-order valence-electron chi connectivity index (χ3n) is 3.37. The molecule has 2 aromatic heterocycles. The average molecular weight is 284 g/mol. The van der Waals surface area contributed by atoms with Gasteiger partial charge >= 0.3 is 11.4 Å². The van der Waals surface area contributed by atoms with Gasteiger partial charge in [-0.3, -0.25) is 18.5 Å². The van der Waals surface area contributed by atoms with Crippen molar-refractivity contribution >= 4 is 11.0 Å². The number of rotatable bonds is 1. The third kappa shape index (κ3) is 1.90. The minimum atomic E-state index is -0.544. The zero-order chi connectivity index (χ0) is 15.1. The first-order chi connectivity index (χ1) is 10.0. The summed E-state index contributed by atoms with van der Waals surface area (Å²) in [7, 11) is 2.87. The molecule has 3 aromatic rings. The number of aromatic nitrogens is 4. The highest BCUT2D eigenvalue weighted by Crippen LogP contribution is 2.06. The van der Waals surface area contributed by atoms with Gasteiger partial charge in [0, 0.05) is 20.3 Å². The summed E-state index contributed by atoms with van der Waals surface area (Å²) in [5.41, 5.74) is -0.854. The van der Waals surface area contributed by atoms with Crippen LogP contribution in [0.3, 0.4) is 0 Å². The van der Waals surface area contributed by atoms with Crippen LogP contribution < -0.4 is 16.9 Å². The van der Waals surface area contributed by atoms with Gasteiger partial charge in [0.2, 0.25) is 0 Å². The van der Waals surface area contributed by atoms with Gasteiger partial charge in [0.15, 0.2) is 5.65 Å². The maximum Gasteiger partial charge on any atom is 0.354 e. The van der Waals surface area contributed by atoms with Crippen LogP contribution in [0.1, 0.15) is 0 Å². The van der Waals surface area contributed by atoms with Gasteiger partial charge < -0.3 is 0 Å². The monoisotopic (exact) mass is 284 g/mol. The summed E-state index contributed by atoms with van der Waals surface area (Å²) >= 11 is 0. The predicted molar refractivity (Wildman–Crippen MR) is 77.8 cm³/mol. The molecule has 7 nitrogen and oxygen atoms in total. The Bertz CT molecular complexity index is 1010. The topological polar surface area (TPSA) is 78.9 Å². The predicted octanol–water partition coefficient (Wildman–Crippen LogP) is -0.217. The number of benzene rings is 1. The second-order valence-electron chi connectivity index (χ2n) is 4.67. The molecule has 0 atom stereocenters. The SMILES string of the molecule is Cn1c(=O)c2cn(-c3ccccc3)c(=O)nc2n(C)c1=O. The Kier molecular flexibility index (Phi) is 2.83. The lowest BCUT2D eigenvalue weighted by Gasteiger charge is -2.09. The molecule has 7 heteroatoms. The average Bonchev–Trinajstić information content (AvgIpc) is 2.51. The van der Waals surface area contributed by atoms with E-state index in [0.29, 0.717) is 5.69 Å². The molecule has 0 spiro atoms. The van der Waals surface area contributed by atoms with Gasteiger partial charge in [0.1, 0.15) is 5.39 Å². The smallest absolute Gasteiger partial charge is 0.280 e. The molecule has 0 aliphatic carbocycles. The minimum Gasteiger partial charge on any atom is -0.280 e. The van der Waals surface area contributed by atoms with Crippen LogP contribution in [0.2, 0.25) is 0 Å². The molecule has 21 heavy (non-hydrogen) atoms. The minimum absolute atomic E-state index is 0.0836. The van der Waals surface area contributed by atoms with E-state index in [9.17, 15) is 14.4 Å². The molecule has 0 aliphatic heterocycles. The lowest BCUT2D eigenvalue weighted by Crippen LogP contribution is -2.39. The maximum absolute atomic E-state index is 12.2. The fourth-order valence-corrected chi connectivity index (χ4v) is 2.21. The van der Waals surface area contributed by atoms with Crippen LogP contribution in [-0.4, -0.2) is 18.7 Å². The normalized spacial score (nSPS) is 11.0. The first-order valence-corrected chi connectivity index (χ1v) is 6.25. The van der Waals surface area contributed by atoms with Crippen LogP contribution in [0, 0.1) is 0 Å². The Labute approximate surface area is 118 Å². The third-order valence-corrected chi connectivity index (χ3v) is 3.37. The molecule has 1 aromatic carbocycles. The van der Waals surface area contributed by atoms with E-state index in [1.165, 1.54) is 29.4 Å². The van der Waals surface area contributed by atoms with Crippen LogP contribution in [0.15, 0.2) is 50.9 Å². The Morgan fingerprint density at radius 3 is 2.29 bits per heavy atom. The molecule has 2 heterocycles. The van der Waals surface area contributed by atoms with E-state index >= 15 is 0 Å². The van der Waals surface area contributed by atoms with Gasteiger partial charge in [-0.2, -0.15) is 4.98 Å². The maximum atomic E-state index is 12.2. The number of para-hydroxylation sites is 1. The first-order valence-electron chi connectivity index (χ1n) is 6.25. The van der Waals surface area contributed by atoms with E-state index < -0.39 is 16.9 Å². The van der Waals surface area contributed by atoms with Crippen molar-refractivity contribution in [3.05, 3.63) is 67.9 Å². The lowest BCUT2D eigenvalue weighted by atomic mass is 10.3. The van der Waals surface area contributed by atoms with Crippen molar-refractivity contribution in [2.75, 3.05) is 0 Å². The van der Waals surface area contributed by atoms with Crippen LogP contribution >= 0.6 is 0 Å². The summed E-state index contributed by atoms with van der Waals surface area (Å²) in [6.07, 6.45) is 1.42. The molecule has 106 valence electrons. The van der Waals surface area contributed by atoms with E-state index in [-0.39, 0.29) is 11.0 Å². The highest BCUT2D eigenvalue weighted by molar-refractivity contribution is 5.72. The highest BCUT2D eigenvalue weighted by Gasteiger charge is 2.12. The Morgan fingerprint density at radius 2 is 1.62 bits per heavy atom. The van der Waals surface area contributed by atoms with Crippen molar-refractivity contribution in [3.63, 3.8) is 0 Å². The van der Waals surface area contributed by atoms with Gasteiger partial charge in [0.05, 0.1) is 5.69 Å². The molecule has 3 rings (SSSR count). The van der Waals surface area contributed by atoms with Gasteiger partial charge in [-0.1, -0.05) is 18.2 Å². The number of aryl methyl sites for hydroxylation is 1. The molecule has 0 saturated heterocycles. The number of nitrogens with zero attached hydrogens (tertiary/aromatic N) is 4. The summed E-state index contributed by atoms with van der Waals surface area (Å²) in [5.74, 6) is 0. The Hall–Kier alpha value is -2.96. The number of hydrogen-bond donors (Lipinski definition) is 0. The van der Waals surface area contributed by atoms with Crippen molar-refractivity contribution in [1.82, 2.24) is 18.7 Å². The molecule has 0 N–H and O–H groups in total. The van der Waals surface area contributed by atoms with E-state index in [0.717, 1.165) is 4.57 Å². The zero-order valence-corrected chi connectivity index (χ0v) is 11.5. The number of fused-ring (bicyclic) bond motifs is 1. The van der Waals surface area contributed by atoms with Crippen LogP contribution in [-0.2, 0) is 14.1 Å². The highest BCUT2D eigenvalue weighted by atomic mass is 16.2. The van der Waals surface area contributed by atoms with Gasteiger partial charge in [0.25, 0.3) is 5.56 Å². The standard InChI is InChI=1S/C14H12N4O3/c1-16-11-10(12(19)17(2)14(16)21)8-18(13(20)15-11)9-6-4-3-5-7-9/h3-8H,1-2H3. The second-order valence-corrected chi connectivity index (χ2v) is 4.67. The van der Waals surface area contributed by atoms with Gasteiger partial charge in [-0.15, -0.1) is 0 Å². The van der Waals surface area contributed by atoms with Crippen LogP contribution in [0.4, 0.5) is 0 Å².